The third-order valence-electron chi connectivity index (χ3n) is 6.26. The molecule has 0 N–H and O–H groups in total. The summed E-state index contributed by atoms with van der Waals surface area (Å²) < 4.78 is 143. The van der Waals surface area contributed by atoms with Crippen molar-refractivity contribution in [2.75, 3.05) is 19.8 Å². The largest absolute Gasteiger partial charge is 0.468 e. The molecule has 0 bridgehead atoms. The van der Waals surface area contributed by atoms with Crippen LogP contribution < -0.4 is 9.47 Å². The molecular weight excluding hydrogens is 774 g/mol. The molecule has 0 saturated carbocycles. The molecule has 6 aromatic heterocycles. The molecule has 0 aliphatic heterocycles. The standard InChI is InChI=1S/C15H12F5N5O2.C13H7ClF5N5O.2CH4/c1-2-27-15(19,20)13-24-23-11-6-21-10(7-25(11)13)9-3-4-12(22-5-9)26-8-14(16,17)18;14-13(18,19)11-23-22-9-4-20-8(5-24(9)11)7-1-2-10(21-3-7)25-6-12(15,16)17;;/h3-7H,2,8H2,1H3;1-5H,6H2;2*1H4. The van der Waals surface area contributed by atoms with Gasteiger partial charge in [-0.1, -0.05) is 14.9 Å². The maximum absolute atomic E-state index is 14.0. The average Bonchev–Trinajstić information content (AvgIpc) is 3.71. The van der Waals surface area contributed by atoms with Crippen molar-refractivity contribution in [1.29, 1.82) is 0 Å². The van der Waals surface area contributed by atoms with E-state index in [4.69, 9.17) is 11.6 Å². The van der Waals surface area contributed by atoms with Crippen molar-refractivity contribution in [2.45, 2.75) is 45.6 Å². The third kappa shape index (κ3) is 10.8. The van der Waals surface area contributed by atoms with Crippen LogP contribution in [0.15, 0.2) is 61.4 Å². The Morgan fingerprint density at radius 1 is 0.593 bits per heavy atom. The highest BCUT2D eigenvalue weighted by Crippen LogP contribution is 2.32. The zero-order valence-corrected chi connectivity index (χ0v) is 26.5. The number of ether oxygens (including phenoxy) is 3. The molecule has 0 unspecified atom stereocenters. The van der Waals surface area contributed by atoms with Gasteiger partial charge in [-0.15, -0.1) is 20.4 Å². The predicted molar refractivity (Wildman–Crippen MR) is 170 cm³/mol. The zero-order valence-electron chi connectivity index (χ0n) is 25.7. The predicted octanol–water partition coefficient (Wildman–Crippen LogP) is 7.90. The summed E-state index contributed by atoms with van der Waals surface area (Å²) in [6.45, 7) is -1.76. The number of hydrogen-bond acceptors (Lipinski definition) is 11. The highest BCUT2D eigenvalue weighted by atomic mass is 35.5. The van der Waals surface area contributed by atoms with E-state index in [9.17, 15) is 43.9 Å². The molecule has 292 valence electrons. The highest BCUT2D eigenvalue weighted by Gasteiger charge is 2.38. The lowest BCUT2D eigenvalue weighted by Crippen LogP contribution is -2.21. The first-order chi connectivity index (χ1) is 24.3. The molecule has 0 saturated heterocycles. The molecule has 6 aromatic rings. The van der Waals surface area contributed by atoms with E-state index in [2.05, 4.69) is 54.5 Å². The van der Waals surface area contributed by atoms with Gasteiger partial charge in [-0.2, -0.15) is 43.9 Å². The zero-order chi connectivity index (χ0) is 37.9. The van der Waals surface area contributed by atoms with Gasteiger partial charge in [0.1, 0.15) is 0 Å². The Balaban J connectivity index is 0.000000281. The molecule has 0 aliphatic rings. The minimum atomic E-state index is -4.48. The summed E-state index contributed by atoms with van der Waals surface area (Å²) in [5.74, 6) is -1.98. The lowest BCUT2D eigenvalue weighted by Gasteiger charge is -2.13. The Kier molecular flexibility index (Phi) is 13.3. The molecule has 0 atom stereocenters. The minimum absolute atomic E-state index is 0. The van der Waals surface area contributed by atoms with Crippen LogP contribution in [0.5, 0.6) is 11.8 Å². The summed E-state index contributed by atoms with van der Waals surface area (Å²) in [6.07, 6.45) is -5.31. The van der Waals surface area contributed by atoms with Gasteiger partial charge >= 0.3 is 23.8 Å². The summed E-state index contributed by atoms with van der Waals surface area (Å²) in [7, 11) is 0. The summed E-state index contributed by atoms with van der Waals surface area (Å²) in [5.41, 5.74) is 1.30. The van der Waals surface area contributed by atoms with E-state index >= 15 is 0 Å². The molecular formula is C30H27ClF10N10O3. The first-order valence-electron chi connectivity index (χ1n) is 14.2. The molecule has 0 radical (unpaired) electrons. The lowest BCUT2D eigenvalue weighted by molar-refractivity contribution is -0.251. The Morgan fingerprint density at radius 3 is 1.39 bits per heavy atom. The van der Waals surface area contributed by atoms with Crippen LogP contribution in [0.2, 0.25) is 0 Å². The molecule has 13 nitrogen and oxygen atoms in total. The van der Waals surface area contributed by atoms with Crippen molar-refractivity contribution in [2.24, 2.45) is 0 Å². The Bertz CT molecular complexity index is 2120. The molecule has 6 rings (SSSR count). The van der Waals surface area contributed by atoms with E-state index < -0.39 is 48.7 Å². The van der Waals surface area contributed by atoms with Crippen molar-refractivity contribution >= 4 is 22.9 Å². The van der Waals surface area contributed by atoms with Gasteiger partial charge < -0.3 is 14.2 Å². The summed E-state index contributed by atoms with van der Waals surface area (Å²) in [4.78, 5) is 15.5. The van der Waals surface area contributed by atoms with Gasteiger partial charge in [0.15, 0.2) is 24.5 Å². The molecule has 54 heavy (non-hydrogen) atoms. The van der Waals surface area contributed by atoms with Gasteiger partial charge in [0.25, 0.3) is 0 Å². The van der Waals surface area contributed by atoms with E-state index in [0.717, 1.165) is 8.80 Å². The maximum atomic E-state index is 14.0. The molecule has 0 spiro atoms. The van der Waals surface area contributed by atoms with Gasteiger partial charge in [0, 0.05) is 48.0 Å². The van der Waals surface area contributed by atoms with Crippen LogP contribution in [-0.2, 0) is 16.2 Å². The number of pyridine rings is 2. The molecule has 0 aliphatic carbocycles. The number of alkyl halides is 11. The number of halogens is 11. The van der Waals surface area contributed by atoms with Crippen molar-refractivity contribution < 1.29 is 58.1 Å². The van der Waals surface area contributed by atoms with Crippen LogP contribution >= 0.6 is 11.6 Å². The molecule has 0 aromatic carbocycles. The van der Waals surface area contributed by atoms with Crippen molar-refractivity contribution in [3.63, 3.8) is 0 Å². The smallest absolute Gasteiger partial charge is 0.422 e. The van der Waals surface area contributed by atoms with Crippen LogP contribution in [0, 0.1) is 0 Å². The van der Waals surface area contributed by atoms with Gasteiger partial charge in [-0.3, -0.25) is 18.8 Å². The fourth-order valence-corrected chi connectivity index (χ4v) is 4.21. The number of fused-ring (bicyclic) bond motifs is 2. The Morgan fingerprint density at radius 2 is 1.02 bits per heavy atom. The summed E-state index contributed by atoms with van der Waals surface area (Å²) >= 11 is 4.97. The van der Waals surface area contributed by atoms with E-state index in [1.165, 1.54) is 68.4 Å². The normalized spacial score (nSPS) is 12.1. The SMILES string of the molecule is C.C.CCOC(F)(F)c1nnc2cnc(-c3ccc(OCC(F)(F)F)nc3)cn12.FC(F)(F)COc1ccc(-c2cn3c(C(F)(F)Cl)nnc3cn2)cn1. The van der Waals surface area contributed by atoms with E-state index in [0.29, 0.717) is 11.1 Å². The number of rotatable bonds is 10. The first-order valence-corrected chi connectivity index (χ1v) is 14.5. The van der Waals surface area contributed by atoms with Gasteiger partial charge in [0.2, 0.25) is 23.4 Å². The molecule has 0 fully saturated rings. The summed E-state index contributed by atoms with van der Waals surface area (Å²) in [6, 6.07) is 5.21. The number of hydrogen-bond donors (Lipinski definition) is 0. The number of aromatic nitrogens is 10. The molecule has 0 amide bonds. The van der Waals surface area contributed by atoms with Gasteiger partial charge in [-0.25, -0.2) is 9.97 Å². The number of nitrogens with zero attached hydrogens (tertiary/aromatic N) is 10. The van der Waals surface area contributed by atoms with Crippen molar-refractivity contribution in [3.05, 3.63) is 73.1 Å². The van der Waals surface area contributed by atoms with E-state index in [1.807, 2.05) is 0 Å². The van der Waals surface area contributed by atoms with E-state index in [-0.39, 0.29) is 55.9 Å². The van der Waals surface area contributed by atoms with Crippen LogP contribution in [-0.4, -0.2) is 81.3 Å². The van der Waals surface area contributed by atoms with Gasteiger partial charge in [-0.05, 0) is 30.7 Å². The highest BCUT2D eigenvalue weighted by molar-refractivity contribution is 6.21. The average molecular weight is 801 g/mol. The van der Waals surface area contributed by atoms with Crippen LogP contribution in [0.1, 0.15) is 33.4 Å². The second kappa shape index (κ2) is 16.7. The second-order valence-corrected chi connectivity index (χ2v) is 10.5. The van der Waals surface area contributed by atoms with Crippen LogP contribution in [0.3, 0.4) is 0 Å². The van der Waals surface area contributed by atoms with Crippen molar-refractivity contribution in [3.8, 4) is 34.3 Å². The quantitative estimate of drug-likeness (QED) is 0.0987. The van der Waals surface area contributed by atoms with Gasteiger partial charge in [0.05, 0.1) is 30.4 Å². The van der Waals surface area contributed by atoms with Crippen LogP contribution in [0.4, 0.5) is 43.9 Å². The molecule has 24 heteroatoms. The fourth-order valence-electron chi connectivity index (χ4n) is 4.08. The van der Waals surface area contributed by atoms with Crippen molar-refractivity contribution in [1.82, 2.24) is 49.1 Å². The fraction of sp³-hybridized carbons (Fsp3) is 0.333. The molecule has 6 heterocycles. The monoisotopic (exact) mass is 800 g/mol. The third-order valence-corrected chi connectivity index (χ3v) is 6.43. The maximum Gasteiger partial charge on any atom is 0.422 e. The van der Waals surface area contributed by atoms with Crippen LogP contribution in [0.25, 0.3) is 33.8 Å². The Hall–Kier alpha value is -5.45. The second-order valence-electron chi connectivity index (χ2n) is 10.1. The first kappa shape index (κ1) is 43.0. The van der Waals surface area contributed by atoms with E-state index in [1.54, 1.807) is 0 Å². The minimum Gasteiger partial charge on any atom is -0.468 e. The summed E-state index contributed by atoms with van der Waals surface area (Å²) in [5, 5.41) is 10.2. The topological polar surface area (TPSA) is 140 Å². The lowest BCUT2D eigenvalue weighted by atomic mass is 10.2. The Labute approximate surface area is 302 Å².